The molecule has 3 aromatic rings. The molecule has 0 fully saturated rings. The van der Waals surface area contributed by atoms with Gasteiger partial charge < -0.3 is 9.47 Å². The molecule has 0 bridgehead atoms. The number of methoxy groups -OCH3 is 2. The second-order valence-electron chi connectivity index (χ2n) is 8.36. The maximum absolute atomic E-state index is 12.8. The number of para-hydroxylation sites is 1. The van der Waals surface area contributed by atoms with Gasteiger partial charge in [0.1, 0.15) is 11.3 Å². The summed E-state index contributed by atoms with van der Waals surface area (Å²) in [7, 11) is 2.55. The van der Waals surface area contributed by atoms with E-state index in [1.54, 1.807) is 12.1 Å². The minimum atomic E-state index is -0.667. The predicted molar refractivity (Wildman–Crippen MR) is 127 cm³/mol. The van der Waals surface area contributed by atoms with Crippen molar-refractivity contribution < 1.29 is 19.1 Å². The Morgan fingerprint density at radius 1 is 0.879 bits per heavy atom. The van der Waals surface area contributed by atoms with Gasteiger partial charge in [-0.25, -0.2) is 14.3 Å². The summed E-state index contributed by atoms with van der Waals surface area (Å²) in [5.41, 5.74) is 2.96. The third-order valence-electron chi connectivity index (χ3n) is 5.57. The minimum absolute atomic E-state index is 0.0282. The van der Waals surface area contributed by atoms with Gasteiger partial charge in [-0.2, -0.15) is 5.10 Å². The van der Waals surface area contributed by atoms with Gasteiger partial charge in [0, 0.05) is 24.2 Å². The zero-order valence-electron chi connectivity index (χ0n) is 20.0. The number of aromatic nitrogens is 2. The lowest BCUT2D eigenvalue weighted by Gasteiger charge is -2.30. The molecule has 0 radical (unpaired) electrons. The highest BCUT2D eigenvalue weighted by Gasteiger charge is 2.31. The van der Waals surface area contributed by atoms with Crippen LogP contribution in [-0.4, -0.2) is 52.9 Å². The molecular weight excluding hydrogens is 418 g/mol. The van der Waals surface area contributed by atoms with Gasteiger partial charge in [-0.05, 0) is 45.4 Å². The van der Waals surface area contributed by atoms with Crippen molar-refractivity contribution in [3.8, 4) is 16.9 Å². The summed E-state index contributed by atoms with van der Waals surface area (Å²) < 4.78 is 11.4. The van der Waals surface area contributed by atoms with Crippen molar-refractivity contribution in [3.05, 3.63) is 71.4 Å². The van der Waals surface area contributed by atoms with Gasteiger partial charge in [0.15, 0.2) is 5.69 Å². The molecule has 0 spiro atoms. The topological polar surface area (TPSA) is 73.7 Å². The Morgan fingerprint density at radius 2 is 1.45 bits per heavy atom. The van der Waals surface area contributed by atoms with E-state index in [1.165, 1.54) is 18.9 Å². The zero-order valence-corrected chi connectivity index (χ0v) is 20.0. The Morgan fingerprint density at radius 3 is 1.97 bits per heavy atom. The van der Waals surface area contributed by atoms with Gasteiger partial charge in [0.2, 0.25) is 0 Å². The highest BCUT2D eigenvalue weighted by molar-refractivity contribution is 6.06. The van der Waals surface area contributed by atoms with Crippen LogP contribution in [-0.2, 0) is 16.0 Å². The second-order valence-corrected chi connectivity index (χ2v) is 8.36. The van der Waals surface area contributed by atoms with Crippen LogP contribution >= 0.6 is 0 Å². The van der Waals surface area contributed by atoms with Crippen molar-refractivity contribution in [1.29, 1.82) is 0 Å². The summed E-state index contributed by atoms with van der Waals surface area (Å²) >= 11 is 0. The number of ether oxygens (including phenoxy) is 2. The Kier molecular flexibility index (Phi) is 7.66. The van der Waals surface area contributed by atoms with Crippen LogP contribution in [0.1, 0.15) is 54.1 Å². The monoisotopic (exact) mass is 449 g/mol. The van der Waals surface area contributed by atoms with Crippen molar-refractivity contribution >= 4 is 11.9 Å². The summed E-state index contributed by atoms with van der Waals surface area (Å²) in [5, 5.41) is 4.64. The number of hydrogen-bond donors (Lipinski definition) is 0. The van der Waals surface area contributed by atoms with E-state index in [0.29, 0.717) is 29.0 Å². The van der Waals surface area contributed by atoms with Gasteiger partial charge in [0.25, 0.3) is 0 Å². The number of rotatable bonds is 8. The average Bonchev–Trinajstić information content (AvgIpc) is 3.22. The summed E-state index contributed by atoms with van der Waals surface area (Å²) in [6, 6.07) is 17.8. The number of esters is 2. The molecule has 174 valence electrons. The summed E-state index contributed by atoms with van der Waals surface area (Å²) in [5.74, 6) is -1.32. The molecule has 33 heavy (non-hydrogen) atoms. The highest BCUT2D eigenvalue weighted by atomic mass is 16.5. The molecule has 2 aromatic carbocycles. The molecule has 7 nitrogen and oxygen atoms in total. The van der Waals surface area contributed by atoms with E-state index < -0.39 is 11.9 Å². The third kappa shape index (κ3) is 5.14. The molecule has 0 amide bonds. The summed E-state index contributed by atoms with van der Waals surface area (Å²) in [6.45, 7) is 9.54. The first kappa shape index (κ1) is 24.2. The fourth-order valence-corrected chi connectivity index (χ4v) is 3.90. The van der Waals surface area contributed by atoms with Crippen LogP contribution in [0.15, 0.2) is 54.6 Å². The molecule has 0 unspecified atom stereocenters. The molecule has 0 aliphatic heterocycles. The lowest BCUT2D eigenvalue weighted by atomic mass is 10.0. The van der Waals surface area contributed by atoms with Crippen LogP contribution in [0.3, 0.4) is 0 Å². The molecule has 0 aliphatic carbocycles. The molecule has 3 rings (SSSR count). The maximum Gasteiger partial charge on any atom is 0.357 e. The van der Waals surface area contributed by atoms with Crippen molar-refractivity contribution in [3.63, 3.8) is 0 Å². The number of benzene rings is 2. The lowest BCUT2D eigenvalue weighted by molar-refractivity contribution is 0.0549. The van der Waals surface area contributed by atoms with E-state index in [9.17, 15) is 9.59 Å². The Labute approximate surface area is 194 Å². The molecule has 0 aliphatic rings. The Hall–Kier alpha value is -3.45. The Bertz CT molecular complexity index is 1090. The normalized spacial score (nSPS) is 11.3. The molecule has 0 saturated carbocycles. The van der Waals surface area contributed by atoms with Crippen LogP contribution in [0.25, 0.3) is 16.9 Å². The predicted octanol–water partition coefficient (Wildman–Crippen LogP) is 4.73. The molecular formula is C26H31N3O4. The van der Waals surface area contributed by atoms with Gasteiger partial charge in [-0.3, -0.25) is 4.90 Å². The van der Waals surface area contributed by atoms with Gasteiger partial charge in [-0.15, -0.1) is 0 Å². The highest BCUT2D eigenvalue weighted by Crippen LogP contribution is 2.29. The van der Waals surface area contributed by atoms with Crippen molar-refractivity contribution in [2.75, 3.05) is 14.2 Å². The first-order valence-corrected chi connectivity index (χ1v) is 11.0. The number of carbonyl (C=O) groups excluding carboxylic acids is 2. The van der Waals surface area contributed by atoms with Crippen LogP contribution in [0, 0.1) is 0 Å². The van der Waals surface area contributed by atoms with E-state index in [0.717, 1.165) is 12.1 Å². The minimum Gasteiger partial charge on any atom is -0.465 e. The SMILES string of the molecule is COC(=O)c1c(-c2ccc(CN(C(C)C)C(C)C)cc2)nn(-c2ccccc2)c1C(=O)OC. The molecule has 1 aromatic heterocycles. The van der Waals surface area contributed by atoms with Gasteiger partial charge in [-0.1, -0.05) is 42.5 Å². The van der Waals surface area contributed by atoms with Crippen LogP contribution in [0.4, 0.5) is 0 Å². The fraction of sp³-hybridized carbons (Fsp3) is 0.346. The average molecular weight is 450 g/mol. The zero-order chi connectivity index (χ0) is 24.1. The Balaban J connectivity index is 2.11. The largest absolute Gasteiger partial charge is 0.465 e. The van der Waals surface area contributed by atoms with Gasteiger partial charge in [0.05, 0.1) is 19.9 Å². The van der Waals surface area contributed by atoms with E-state index in [2.05, 4.69) is 37.7 Å². The summed E-state index contributed by atoms with van der Waals surface area (Å²) in [6.07, 6.45) is 0. The maximum atomic E-state index is 12.8. The van der Waals surface area contributed by atoms with Crippen molar-refractivity contribution in [1.82, 2.24) is 14.7 Å². The molecule has 0 N–H and O–H groups in total. The van der Waals surface area contributed by atoms with Crippen LogP contribution in [0.5, 0.6) is 0 Å². The number of hydrogen-bond acceptors (Lipinski definition) is 6. The fourth-order valence-electron chi connectivity index (χ4n) is 3.90. The van der Waals surface area contributed by atoms with E-state index >= 15 is 0 Å². The van der Waals surface area contributed by atoms with Crippen molar-refractivity contribution in [2.45, 2.75) is 46.3 Å². The molecule has 7 heteroatoms. The summed E-state index contributed by atoms with van der Waals surface area (Å²) in [4.78, 5) is 27.9. The number of carbonyl (C=O) groups is 2. The van der Waals surface area contributed by atoms with E-state index in [-0.39, 0.29) is 11.3 Å². The van der Waals surface area contributed by atoms with E-state index in [4.69, 9.17) is 9.47 Å². The van der Waals surface area contributed by atoms with E-state index in [1.807, 2.05) is 42.5 Å². The molecule has 1 heterocycles. The molecule has 0 saturated heterocycles. The first-order valence-electron chi connectivity index (χ1n) is 11.0. The van der Waals surface area contributed by atoms with Crippen molar-refractivity contribution in [2.24, 2.45) is 0 Å². The quantitative estimate of drug-likeness (QED) is 0.463. The standard InChI is InChI=1S/C26H31N3O4/c1-17(2)28(18(3)4)16-19-12-14-20(15-13-19)23-22(25(30)32-5)24(26(31)33-6)29(27-23)21-10-8-7-9-11-21/h7-15,17-18H,16H2,1-6H3. The smallest absolute Gasteiger partial charge is 0.357 e. The number of nitrogens with zero attached hydrogens (tertiary/aromatic N) is 3. The first-order chi connectivity index (χ1) is 15.8. The third-order valence-corrected chi connectivity index (χ3v) is 5.57. The molecule has 0 atom stereocenters. The second kappa shape index (κ2) is 10.4. The van der Waals surface area contributed by atoms with Gasteiger partial charge >= 0.3 is 11.9 Å². The van der Waals surface area contributed by atoms with Crippen LogP contribution < -0.4 is 0 Å². The van der Waals surface area contributed by atoms with Crippen LogP contribution in [0.2, 0.25) is 0 Å². The lowest BCUT2D eigenvalue weighted by Crippen LogP contribution is -2.36.